The maximum atomic E-state index is 12.6. The molecule has 2 aliphatic rings. The molecule has 0 aromatic heterocycles. The Hall–Kier alpha value is -4.89. The summed E-state index contributed by atoms with van der Waals surface area (Å²) in [4.78, 5) is 39.2. The van der Waals surface area contributed by atoms with E-state index in [1.54, 1.807) is 38.1 Å². The van der Waals surface area contributed by atoms with Gasteiger partial charge in [-0.3, -0.25) is 4.90 Å². The molecule has 0 spiro atoms. The first kappa shape index (κ1) is 29.6. The van der Waals surface area contributed by atoms with Gasteiger partial charge in [-0.05, 0) is 66.3 Å². The van der Waals surface area contributed by atoms with Gasteiger partial charge in [0.1, 0.15) is 0 Å². The minimum Gasteiger partial charge on any atom is -0.478 e. The van der Waals surface area contributed by atoms with Gasteiger partial charge in [-0.1, -0.05) is 60.7 Å². The Kier molecular flexibility index (Phi) is 8.92. The quantitative estimate of drug-likeness (QED) is 0.210. The lowest BCUT2D eigenvalue weighted by molar-refractivity contribution is -0.133. The Balaban J connectivity index is 1.15. The molecule has 0 bridgehead atoms. The molecular formula is C34H36N4O5. The van der Waals surface area contributed by atoms with Crippen molar-refractivity contribution in [2.45, 2.75) is 32.6 Å². The molecule has 9 nitrogen and oxygen atoms in total. The molecule has 0 atom stereocenters. The highest BCUT2D eigenvalue weighted by molar-refractivity contribution is 5.99. The standard InChI is InChI=1S/C34H36N4O5/c1-21-29(32(39)40)31(30(33(41)42)22(2)36-21)25-10-5-11-26(20-25)37-34(43)35-16-7-17-38-18-14-24(15-19-38)28-13-6-9-23-8-3-4-12-27(23)28/h3-6,8-14,20,31,36H,7,15-19H2,1-2H3,(H,39,40)(H,41,42)(H2,35,37,43). The average molecular weight is 581 g/mol. The second-order valence-corrected chi connectivity index (χ2v) is 10.9. The molecule has 0 fully saturated rings. The number of rotatable bonds is 9. The fourth-order valence-corrected chi connectivity index (χ4v) is 6.03. The van der Waals surface area contributed by atoms with Crippen LogP contribution in [-0.4, -0.2) is 59.3 Å². The second-order valence-electron chi connectivity index (χ2n) is 10.9. The number of hydrogen-bond acceptors (Lipinski definition) is 5. The molecular weight excluding hydrogens is 544 g/mol. The Morgan fingerprint density at radius 3 is 2.33 bits per heavy atom. The summed E-state index contributed by atoms with van der Waals surface area (Å²) in [5, 5.41) is 30.8. The Morgan fingerprint density at radius 2 is 1.63 bits per heavy atom. The van der Waals surface area contributed by atoms with Gasteiger partial charge in [0.05, 0.1) is 17.1 Å². The van der Waals surface area contributed by atoms with Crippen molar-refractivity contribution in [3.8, 4) is 0 Å². The Bertz CT molecular complexity index is 1630. The third-order valence-corrected chi connectivity index (χ3v) is 8.06. The second kappa shape index (κ2) is 13.0. The number of carbonyl (C=O) groups excluding carboxylic acids is 1. The number of hydrogen-bond donors (Lipinski definition) is 5. The van der Waals surface area contributed by atoms with Crippen LogP contribution in [0.4, 0.5) is 10.5 Å². The topological polar surface area (TPSA) is 131 Å². The van der Waals surface area contributed by atoms with E-state index in [4.69, 9.17) is 0 Å². The summed E-state index contributed by atoms with van der Waals surface area (Å²) in [5.41, 5.74) is 4.27. The molecule has 43 heavy (non-hydrogen) atoms. The van der Waals surface area contributed by atoms with Crippen LogP contribution >= 0.6 is 0 Å². The van der Waals surface area contributed by atoms with E-state index < -0.39 is 17.9 Å². The first-order chi connectivity index (χ1) is 20.7. The summed E-state index contributed by atoms with van der Waals surface area (Å²) in [5.74, 6) is -3.39. The van der Waals surface area contributed by atoms with E-state index in [1.165, 1.54) is 21.9 Å². The fraction of sp³-hybridized carbons (Fsp3) is 0.265. The molecule has 3 aromatic rings. The largest absolute Gasteiger partial charge is 0.478 e. The molecule has 2 amide bonds. The fourth-order valence-electron chi connectivity index (χ4n) is 6.03. The number of allylic oxidation sites excluding steroid dienone is 2. The average Bonchev–Trinajstić information content (AvgIpc) is 2.98. The molecule has 0 aliphatic carbocycles. The van der Waals surface area contributed by atoms with Crippen molar-refractivity contribution in [3.63, 3.8) is 0 Å². The predicted octanol–water partition coefficient (Wildman–Crippen LogP) is 5.54. The summed E-state index contributed by atoms with van der Waals surface area (Å²) in [6, 6.07) is 21.2. The molecule has 5 rings (SSSR count). The van der Waals surface area contributed by atoms with Crippen LogP contribution in [0.5, 0.6) is 0 Å². The summed E-state index contributed by atoms with van der Waals surface area (Å²) in [6.07, 6.45) is 4.07. The molecule has 2 heterocycles. The highest BCUT2D eigenvalue weighted by Crippen LogP contribution is 2.39. The van der Waals surface area contributed by atoms with E-state index in [2.05, 4.69) is 69.4 Å². The smallest absolute Gasteiger partial charge is 0.334 e. The van der Waals surface area contributed by atoms with Crippen molar-refractivity contribution >= 4 is 40.0 Å². The predicted molar refractivity (Wildman–Crippen MR) is 168 cm³/mol. The van der Waals surface area contributed by atoms with E-state index in [1.807, 2.05) is 0 Å². The van der Waals surface area contributed by atoms with Crippen molar-refractivity contribution in [2.75, 3.05) is 31.5 Å². The highest BCUT2D eigenvalue weighted by atomic mass is 16.4. The van der Waals surface area contributed by atoms with Crippen molar-refractivity contribution in [3.05, 3.63) is 106 Å². The normalized spacial score (nSPS) is 16.1. The molecule has 9 heteroatoms. The monoisotopic (exact) mass is 580 g/mol. The summed E-state index contributed by atoms with van der Waals surface area (Å²) in [7, 11) is 0. The van der Waals surface area contributed by atoms with E-state index in [9.17, 15) is 24.6 Å². The number of carbonyl (C=O) groups is 3. The number of carboxylic acids is 2. The summed E-state index contributed by atoms with van der Waals surface area (Å²) >= 11 is 0. The summed E-state index contributed by atoms with van der Waals surface area (Å²) < 4.78 is 0. The first-order valence-electron chi connectivity index (χ1n) is 14.4. The lowest BCUT2D eigenvalue weighted by atomic mass is 9.80. The van der Waals surface area contributed by atoms with Gasteiger partial charge in [0.2, 0.25) is 0 Å². The van der Waals surface area contributed by atoms with E-state index >= 15 is 0 Å². The lowest BCUT2D eigenvalue weighted by Gasteiger charge is -2.29. The molecule has 2 aliphatic heterocycles. The van der Waals surface area contributed by atoms with Gasteiger partial charge in [-0.2, -0.15) is 0 Å². The molecule has 5 N–H and O–H groups in total. The van der Waals surface area contributed by atoms with Crippen molar-refractivity contribution < 1.29 is 24.6 Å². The zero-order chi connectivity index (χ0) is 30.5. The summed E-state index contributed by atoms with van der Waals surface area (Å²) in [6.45, 7) is 6.40. The number of fused-ring (bicyclic) bond motifs is 1. The number of aliphatic carboxylic acids is 2. The number of dihydropyridines is 1. The number of nitrogens with zero attached hydrogens (tertiary/aromatic N) is 1. The minimum absolute atomic E-state index is 0.0404. The van der Waals surface area contributed by atoms with Gasteiger partial charge in [0.25, 0.3) is 0 Å². The van der Waals surface area contributed by atoms with Gasteiger partial charge in [0, 0.05) is 43.3 Å². The van der Waals surface area contributed by atoms with Crippen molar-refractivity contribution in [2.24, 2.45) is 0 Å². The van der Waals surface area contributed by atoms with Gasteiger partial charge in [0.15, 0.2) is 0 Å². The molecule has 0 saturated carbocycles. The van der Waals surface area contributed by atoms with Gasteiger partial charge < -0.3 is 26.2 Å². The third kappa shape index (κ3) is 6.62. The van der Waals surface area contributed by atoms with Crippen LogP contribution in [0.15, 0.2) is 95.3 Å². The molecule has 3 aromatic carbocycles. The minimum atomic E-state index is -1.20. The zero-order valence-corrected chi connectivity index (χ0v) is 24.3. The maximum Gasteiger partial charge on any atom is 0.334 e. The van der Waals surface area contributed by atoms with Crippen LogP contribution < -0.4 is 16.0 Å². The van der Waals surface area contributed by atoms with Crippen molar-refractivity contribution in [1.29, 1.82) is 0 Å². The van der Waals surface area contributed by atoms with Crippen LogP contribution in [0, 0.1) is 0 Å². The van der Waals surface area contributed by atoms with E-state index in [0.717, 1.165) is 32.5 Å². The van der Waals surface area contributed by atoms with E-state index in [0.29, 0.717) is 29.2 Å². The van der Waals surface area contributed by atoms with Crippen LogP contribution in [0.3, 0.4) is 0 Å². The maximum absolute atomic E-state index is 12.6. The van der Waals surface area contributed by atoms with Gasteiger partial charge in [-0.15, -0.1) is 0 Å². The molecule has 0 unspecified atom stereocenters. The zero-order valence-electron chi connectivity index (χ0n) is 24.3. The van der Waals surface area contributed by atoms with Crippen LogP contribution in [0.2, 0.25) is 0 Å². The molecule has 222 valence electrons. The van der Waals surface area contributed by atoms with Crippen LogP contribution in [-0.2, 0) is 9.59 Å². The number of carboxylic acid groups (broad SMARTS) is 2. The van der Waals surface area contributed by atoms with Crippen LogP contribution in [0.1, 0.15) is 43.7 Å². The number of nitrogens with one attached hydrogen (secondary N) is 3. The number of benzene rings is 3. The lowest BCUT2D eigenvalue weighted by Crippen LogP contribution is -2.34. The highest BCUT2D eigenvalue weighted by Gasteiger charge is 2.36. The third-order valence-electron chi connectivity index (χ3n) is 8.06. The SMILES string of the molecule is CC1=C(C(=O)O)C(c2cccc(NC(=O)NCCCN3CC=C(c4cccc5ccccc45)CC3)c2)C(C(=O)O)=C(C)N1. The van der Waals surface area contributed by atoms with Crippen molar-refractivity contribution in [1.82, 2.24) is 15.5 Å². The van der Waals surface area contributed by atoms with E-state index in [-0.39, 0.29) is 17.2 Å². The van der Waals surface area contributed by atoms with Gasteiger partial charge >= 0.3 is 18.0 Å². The number of anilines is 1. The van der Waals surface area contributed by atoms with Gasteiger partial charge in [-0.25, -0.2) is 14.4 Å². The number of amides is 2. The molecule has 0 saturated heterocycles. The Labute approximate surface area is 250 Å². The number of urea groups is 1. The Morgan fingerprint density at radius 1 is 0.930 bits per heavy atom. The molecule has 0 radical (unpaired) electrons. The first-order valence-corrected chi connectivity index (χ1v) is 14.4. The van der Waals surface area contributed by atoms with Crippen LogP contribution in [0.25, 0.3) is 16.3 Å².